The summed E-state index contributed by atoms with van der Waals surface area (Å²) in [5.74, 6) is 1.83. The molecular weight excluding hydrogens is 242 g/mol. The summed E-state index contributed by atoms with van der Waals surface area (Å²) < 4.78 is 2.08. The quantitative estimate of drug-likeness (QED) is 0.786. The van der Waals surface area contributed by atoms with Crippen molar-refractivity contribution in [3.8, 4) is 0 Å². The van der Waals surface area contributed by atoms with Crippen molar-refractivity contribution < 1.29 is 0 Å². The first-order valence-electron chi connectivity index (χ1n) is 6.84. The maximum Gasteiger partial charge on any atom is 0.0638 e. The molecule has 0 unspecified atom stereocenters. The van der Waals surface area contributed by atoms with Gasteiger partial charge in [-0.15, -0.1) is 0 Å². The first kappa shape index (κ1) is 15.6. The number of aromatic nitrogens is 2. The molecule has 0 atom stereocenters. The van der Waals surface area contributed by atoms with Crippen molar-refractivity contribution in [2.24, 2.45) is 5.92 Å². The average molecular weight is 269 g/mol. The van der Waals surface area contributed by atoms with E-state index in [0.29, 0.717) is 11.2 Å². The lowest BCUT2D eigenvalue weighted by Crippen LogP contribution is -2.19. The van der Waals surface area contributed by atoms with Gasteiger partial charge in [-0.3, -0.25) is 4.68 Å². The van der Waals surface area contributed by atoms with Crippen LogP contribution in [0.15, 0.2) is 6.20 Å². The summed E-state index contributed by atoms with van der Waals surface area (Å²) in [6, 6.07) is 0. The van der Waals surface area contributed by atoms with E-state index in [1.165, 1.54) is 5.56 Å². The highest BCUT2D eigenvalue weighted by molar-refractivity contribution is 7.99. The summed E-state index contributed by atoms with van der Waals surface area (Å²) >= 11 is 1.99. The number of thioether (sulfide) groups is 1. The number of rotatable bonds is 8. The first-order chi connectivity index (χ1) is 8.49. The Morgan fingerprint density at radius 2 is 2.06 bits per heavy atom. The molecule has 0 spiro atoms. The maximum atomic E-state index is 4.57. The molecule has 104 valence electrons. The van der Waals surface area contributed by atoms with Crippen LogP contribution in [0.2, 0.25) is 0 Å². The van der Waals surface area contributed by atoms with Crippen molar-refractivity contribution in [2.75, 3.05) is 12.3 Å². The third-order valence-corrected chi connectivity index (χ3v) is 3.77. The highest BCUT2D eigenvalue weighted by Crippen LogP contribution is 2.11. The molecule has 1 rings (SSSR count). The molecule has 0 aliphatic carbocycles. The molecule has 1 aromatic rings. The molecule has 0 saturated carbocycles. The lowest BCUT2D eigenvalue weighted by Gasteiger charge is -2.06. The highest BCUT2D eigenvalue weighted by atomic mass is 32.2. The van der Waals surface area contributed by atoms with Crippen LogP contribution in [-0.2, 0) is 13.1 Å². The number of hydrogen-bond acceptors (Lipinski definition) is 3. The van der Waals surface area contributed by atoms with Crippen LogP contribution in [0.1, 0.15) is 39.0 Å². The van der Waals surface area contributed by atoms with Crippen LogP contribution in [0.4, 0.5) is 0 Å². The van der Waals surface area contributed by atoms with Crippen LogP contribution in [0.3, 0.4) is 0 Å². The molecular formula is C14H27N3S. The van der Waals surface area contributed by atoms with Crippen LogP contribution < -0.4 is 5.32 Å². The molecule has 1 aromatic heterocycles. The van der Waals surface area contributed by atoms with Gasteiger partial charge in [0.05, 0.1) is 5.69 Å². The van der Waals surface area contributed by atoms with E-state index in [2.05, 4.69) is 55.9 Å². The molecule has 0 amide bonds. The Kier molecular flexibility index (Phi) is 6.79. The molecule has 0 aliphatic rings. The minimum Gasteiger partial charge on any atom is -0.312 e. The second-order valence-electron chi connectivity index (χ2n) is 5.45. The van der Waals surface area contributed by atoms with Crippen molar-refractivity contribution in [1.82, 2.24) is 15.1 Å². The number of nitrogens with one attached hydrogen (secondary N) is 1. The highest BCUT2D eigenvalue weighted by Gasteiger charge is 2.05. The van der Waals surface area contributed by atoms with E-state index >= 15 is 0 Å². The third kappa shape index (κ3) is 5.91. The minimum absolute atomic E-state index is 0.697. The van der Waals surface area contributed by atoms with Gasteiger partial charge in [-0.25, -0.2) is 0 Å². The first-order valence-corrected chi connectivity index (χ1v) is 7.89. The maximum absolute atomic E-state index is 4.57. The zero-order chi connectivity index (χ0) is 13.5. The largest absolute Gasteiger partial charge is 0.312 e. The van der Waals surface area contributed by atoms with Gasteiger partial charge >= 0.3 is 0 Å². The molecule has 18 heavy (non-hydrogen) atoms. The number of nitrogens with zero attached hydrogens (tertiary/aromatic N) is 2. The topological polar surface area (TPSA) is 29.9 Å². The molecule has 1 heterocycles. The lowest BCUT2D eigenvalue weighted by atomic mass is 10.2. The summed E-state index contributed by atoms with van der Waals surface area (Å²) in [6.07, 6.45) is 2.18. The van der Waals surface area contributed by atoms with E-state index in [9.17, 15) is 0 Å². The summed E-state index contributed by atoms with van der Waals surface area (Å²) in [6.45, 7) is 14.0. The Morgan fingerprint density at radius 1 is 1.33 bits per heavy atom. The average Bonchev–Trinajstić information content (AvgIpc) is 2.58. The molecule has 0 saturated heterocycles. The second kappa shape index (κ2) is 7.85. The van der Waals surface area contributed by atoms with Crippen LogP contribution in [0, 0.1) is 12.8 Å². The normalized spacial score (nSPS) is 11.7. The van der Waals surface area contributed by atoms with E-state index in [1.807, 2.05) is 11.8 Å². The van der Waals surface area contributed by atoms with E-state index in [1.54, 1.807) is 0 Å². The van der Waals surface area contributed by atoms with Gasteiger partial charge in [-0.2, -0.15) is 16.9 Å². The van der Waals surface area contributed by atoms with Gasteiger partial charge in [-0.1, -0.05) is 27.7 Å². The molecule has 0 fully saturated rings. The van der Waals surface area contributed by atoms with Crippen molar-refractivity contribution in [3.63, 3.8) is 0 Å². The van der Waals surface area contributed by atoms with E-state index in [0.717, 1.165) is 31.1 Å². The summed E-state index contributed by atoms with van der Waals surface area (Å²) in [5.41, 5.74) is 2.48. The van der Waals surface area contributed by atoms with Gasteiger partial charge in [0.2, 0.25) is 0 Å². The van der Waals surface area contributed by atoms with Crippen LogP contribution >= 0.6 is 11.8 Å². The van der Waals surface area contributed by atoms with Gasteiger partial charge in [0.1, 0.15) is 0 Å². The van der Waals surface area contributed by atoms with Crippen molar-refractivity contribution in [1.29, 1.82) is 0 Å². The van der Waals surface area contributed by atoms with Gasteiger partial charge in [-0.05, 0) is 24.6 Å². The summed E-state index contributed by atoms with van der Waals surface area (Å²) in [4.78, 5) is 0. The van der Waals surface area contributed by atoms with Crippen molar-refractivity contribution >= 4 is 11.8 Å². The number of hydrogen-bond donors (Lipinski definition) is 1. The van der Waals surface area contributed by atoms with Crippen molar-refractivity contribution in [3.05, 3.63) is 17.5 Å². The fourth-order valence-electron chi connectivity index (χ4n) is 1.72. The van der Waals surface area contributed by atoms with Crippen LogP contribution in [0.25, 0.3) is 0 Å². The number of aryl methyl sites for hydroxylation is 2. The second-order valence-corrected chi connectivity index (χ2v) is 7.13. The zero-order valence-corrected chi connectivity index (χ0v) is 13.2. The summed E-state index contributed by atoms with van der Waals surface area (Å²) in [5, 5.41) is 8.74. The van der Waals surface area contributed by atoms with Crippen LogP contribution in [0.5, 0.6) is 0 Å². The van der Waals surface area contributed by atoms with Gasteiger partial charge in [0.15, 0.2) is 0 Å². The Balaban J connectivity index is 2.38. The van der Waals surface area contributed by atoms with Gasteiger partial charge < -0.3 is 5.32 Å². The van der Waals surface area contributed by atoms with Crippen molar-refractivity contribution in [2.45, 2.75) is 53.0 Å². The van der Waals surface area contributed by atoms with Gasteiger partial charge in [0.25, 0.3) is 0 Å². The van der Waals surface area contributed by atoms with E-state index < -0.39 is 0 Å². The Hall–Kier alpha value is -0.480. The molecule has 0 bridgehead atoms. The zero-order valence-electron chi connectivity index (χ0n) is 12.4. The van der Waals surface area contributed by atoms with Gasteiger partial charge in [0, 0.05) is 30.6 Å². The minimum atomic E-state index is 0.697. The standard InChI is InChI=1S/C14H27N3S/c1-11(2)8-15-9-14-10-17(16-13(14)5)6-7-18-12(3)4/h10-12,15H,6-9H2,1-5H3. The fourth-order valence-corrected chi connectivity index (χ4v) is 2.49. The van der Waals surface area contributed by atoms with E-state index in [-0.39, 0.29) is 0 Å². The van der Waals surface area contributed by atoms with Crippen LogP contribution in [-0.4, -0.2) is 27.3 Å². The van der Waals surface area contributed by atoms with E-state index in [4.69, 9.17) is 0 Å². The Morgan fingerprint density at radius 3 is 2.67 bits per heavy atom. The molecule has 0 aromatic carbocycles. The summed E-state index contributed by atoms with van der Waals surface area (Å²) in [7, 11) is 0. The Labute approximate surface area is 116 Å². The molecule has 4 heteroatoms. The molecule has 1 N–H and O–H groups in total. The fraction of sp³-hybridized carbons (Fsp3) is 0.786. The molecule has 0 aliphatic heterocycles. The predicted octanol–water partition coefficient (Wildman–Crippen LogP) is 3.08. The monoisotopic (exact) mass is 269 g/mol. The molecule has 0 radical (unpaired) electrons. The smallest absolute Gasteiger partial charge is 0.0638 e. The molecule has 3 nitrogen and oxygen atoms in total. The lowest BCUT2D eigenvalue weighted by molar-refractivity contribution is 0.551. The third-order valence-electron chi connectivity index (χ3n) is 2.69. The SMILES string of the molecule is Cc1nn(CCSC(C)C)cc1CNCC(C)C. The predicted molar refractivity (Wildman–Crippen MR) is 81.1 cm³/mol. The Bertz CT molecular complexity index is 345.